The lowest BCUT2D eigenvalue weighted by atomic mass is 9.62. The lowest BCUT2D eigenvalue weighted by molar-refractivity contribution is -0.307. The number of alkyl halides is 2. The molecule has 1 saturated heterocycles. The fraction of sp³-hybridized carbons (Fsp3) is 1.00. The van der Waals surface area contributed by atoms with Gasteiger partial charge in [0.05, 0.1) is 13.2 Å². The van der Waals surface area contributed by atoms with Gasteiger partial charge in [0.2, 0.25) is 0 Å². The molecule has 3 aliphatic carbocycles. The van der Waals surface area contributed by atoms with Crippen molar-refractivity contribution < 1.29 is 18.3 Å². The Morgan fingerprint density at radius 1 is 0.933 bits per heavy atom. The summed E-state index contributed by atoms with van der Waals surface area (Å²) in [4.78, 5) is 0. The third-order valence-corrected chi connectivity index (χ3v) is 4.99. The molecule has 0 radical (unpaired) electrons. The average molecular weight is 216 g/mol. The molecule has 84 valence electrons. The molecule has 1 spiro atoms. The minimum Gasteiger partial charge on any atom is -0.347 e. The van der Waals surface area contributed by atoms with Crippen LogP contribution in [0.25, 0.3) is 0 Å². The van der Waals surface area contributed by atoms with Crippen LogP contribution >= 0.6 is 0 Å². The van der Waals surface area contributed by atoms with Gasteiger partial charge in [-0.15, -0.1) is 0 Å². The number of fused-ring (bicyclic) bond motifs is 2. The zero-order valence-corrected chi connectivity index (χ0v) is 8.42. The van der Waals surface area contributed by atoms with Crippen molar-refractivity contribution in [3.05, 3.63) is 0 Å². The first-order valence-electron chi connectivity index (χ1n) is 5.81. The summed E-state index contributed by atoms with van der Waals surface area (Å²) in [6.07, 6.45) is 1.51. The van der Waals surface area contributed by atoms with E-state index in [1.54, 1.807) is 0 Å². The normalized spacial score (nSPS) is 53.2. The molecule has 1 aliphatic heterocycles. The summed E-state index contributed by atoms with van der Waals surface area (Å²) < 4.78 is 38.7. The molecule has 2 nitrogen and oxygen atoms in total. The monoisotopic (exact) mass is 216 g/mol. The standard InChI is InChI=1S/C11H14F2O2/c12-10(13)5-8-9-6(10)1-2-7(9)11(8)14-3-4-15-11/h6-9H,1-5H2/t6?,7-,8?,9+/m0/s1. The molecule has 4 heteroatoms. The molecule has 0 aromatic heterocycles. The van der Waals surface area contributed by atoms with Crippen molar-refractivity contribution in [3.63, 3.8) is 0 Å². The second-order valence-corrected chi connectivity index (χ2v) is 5.36. The fourth-order valence-electron chi connectivity index (χ4n) is 4.57. The molecule has 4 aliphatic rings. The van der Waals surface area contributed by atoms with E-state index in [0.717, 1.165) is 6.42 Å². The van der Waals surface area contributed by atoms with Gasteiger partial charge in [-0.25, -0.2) is 8.78 Å². The minimum absolute atomic E-state index is 0.0150. The van der Waals surface area contributed by atoms with Crippen LogP contribution in [0.5, 0.6) is 0 Å². The molecular formula is C11H14F2O2. The molecule has 0 bridgehead atoms. The van der Waals surface area contributed by atoms with E-state index in [1.165, 1.54) is 0 Å². The van der Waals surface area contributed by atoms with E-state index in [1.807, 2.05) is 0 Å². The van der Waals surface area contributed by atoms with Crippen LogP contribution in [0.3, 0.4) is 0 Å². The molecular weight excluding hydrogens is 202 g/mol. The Bertz CT molecular complexity index is 312. The third kappa shape index (κ3) is 0.804. The van der Waals surface area contributed by atoms with E-state index in [0.29, 0.717) is 19.6 Å². The maximum Gasteiger partial charge on any atom is 0.251 e. The first-order chi connectivity index (χ1) is 7.15. The molecule has 4 atom stereocenters. The lowest BCUT2D eigenvalue weighted by Crippen LogP contribution is -2.60. The van der Waals surface area contributed by atoms with Gasteiger partial charge in [0.25, 0.3) is 5.92 Å². The van der Waals surface area contributed by atoms with Crippen molar-refractivity contribution >= 4 is 0 Å². The van der Waals surface area contributed by atoms with Crippen LogP contribution < -0.4 is 0 Å². The smallest absolute Gasteiger partial charge is 0.251 e. The summed E-state index contributed by atoms with van der Waals surface area (Å²) in [6.45, 7) is 1.16. The van der Waals surface area contributed by atoms with Gasteiger partial charge in [-0.2, -0.15) is 0 Å². The van der Waals surface area contributed by atoms with E-state index < -0.39 is 11.7 Å². The van der Waals surface area contributed by atoms with E-state index in [9.17, 15) is 8.78 Å². The van der Waals surface area contributed by atoms with Gasteiger partial charge in [-0.05, 0) is 18.8 Å². The zero-order chi connectivity index (χ0) is 10.3. The Hall–Kier alpha value is -0.220. The largest absolute Gasteiger partial charge is 0.347 e. The van der Waals surface area contributed by atoms with Crippen molar-refractivity contribution in [1.82, 2.24) is 0 Å². The molecule has 1 heterocycles. The quantitative estimate of drug-likeness (QED) is 0.617. The van der Waals surface area contributed by atoms with Gasteiger partial charge in [-0.3, -0.25) is 0 Å². The van der Waals surface area contributed by atoms with E-state index >= 15 is 0 Å². The predicted octanol–water partition coefficient (Wildman–Crippen LogP) is 2.04. The summed E-state index contributed by atoms with van der Waals surface area (Å²) in [6, 6.07) is 0. The van der Waals surface area contributed by atoms with Crippen LogP contribution in [-0.2, 0) is 9.47 Å². The van der Waals surface area contributed by atoms with Crippen LogP contribution in [0.4, 0.5) is 8.78 Å². The number of halogens is 2. The first-order valence-corrected chi connectivity index (χ1v) is 5.81. The Morgan fingerprint density at radius 3 is 2.33 bits per heavy atom. The Labute approximate surface area is 86.9 Å². The lowest BCUT2D eigenvalue weighted by Gasteiger charge is -2.53. The maximum atomic E-state index is 13.7. The summed E-state index contributed by atoms with van der Waals surface area (Å²) in [7, 11) is 0. The average Bonchev–Trinajstić information content (AvgIpc) is 2.82. The summed E-state index contributed by atoms with van der Waals surface area (Å²) in [5.74, 6) is -3.05. The molecule has 4 fully saturated rings. The highest BCUT2D eigenvalue weighted by Crippen LogP contribution is 2.72. The van der Waals surface area contributed by atoms with Crippen molar-refractivity contribution in [2.45, 2.75) is 31.0 Å². The summed E-state index contributed by atoms with van der Waals surface area (Å²) in [5.41, 5.74) is 0. The Balaban J connectivity index is 1.74. The van der Waals surface area contributed by atoms with Crippen molar-refractivity contribution in [1.29, 1.82) is 0 Å². The molecule has 0 N–H and O–H groups in total. The van der Waals surface area contributed by atoms with Crippen LogP contribution in [0.2, 0.25) is 0 Å². The maximum absolute atomic E-state index is 13.7. The number of hydrogen-bond donors (Lipinski definition) is 0. The van der Waals surface area contributed by atoms with Crippen LogP contribution in [0.15, 0.2) is 0 Å². The highest BCUT2D eigenvalue weighted by molar-refractivity contribution is 5.18. The second-order valence-electron chi connectivity index (χ2n) is 5.36. The zero-order valence-electron chi connectivity index (χ0n) is 8.42. The van der Waals surface area contributed by atoms with Crippen LogP contribution in [0.1, 0.15) is 19.3 Å². The molecule has 15 heavy (non-hydrogen) atoms. The van der Waals surface area contributed by atoms with Crippen molar-refractivity contribution in [2.24, 2.45) is 23.7 Å². The van der Waals surface area contributed by atoms with Gasteiger partial charge in [0.15, 0.2) is 5.79 Å². The predicted molar refractivity (Wildman–Crippen MR) is 47.4 cm³/mol. The number of ether oxygens (including phenoxy) is 2. The van der Waals surface area contributed by atoms with Crippen LogP contribution in [0, 0.1) is 23.7 Å². The molecule has 0 amide bonds. The molecule has 3 saturated carbocycles. The molecule has 0 aromatic carbocycles. The Kier molecular flexibility index (Phi) is 1.41. The van der Waals surface area contributed by atoms with Gasteiger partial charge >= 0.3 is 0 Å². The highest BCUT2D eigenvalue weighted by atomic mass is 19.3. The van der Waals surface area contributed by atoms with Crippen molar-refractivity contribution in [2.75, 3.05) is 13.2 Å². The minimum atomic E-state index is -2.47. The van der Waals surface area contributed by atoms with Gasteiger partial charge in [0.1, 0.15) is 0 Å². The third-order valence-electron chi connectivity index (χ3n) is 4.99. The van der Waals surface area contributed by atoms with E-state index in [-0.39, 0.29) is 30.1 Å². The molecule has 4 rings (SSSR count). The summed E-state index contributed by atoms with van der Waals surface area (Å²) in [5, 5.41) is 0. The van der Waals surface area contributed by atoms with Crippen molar-refractivity contribution in [3.8, 4) is 0 Å². The van der Waals surface area contributed by atoms with Gasteiger partial charge < -0.3 is 9.47 Å². The second kappa shape index (κ2) is 2.38. The molecule has 0 aromatic rings. The fourth-order valence-corrected chi connectivity index (χ4v) is 4.57. The molecule has 2 unspecified atom stereocenters. The van der Waals surface area contributed by atoms with E-state index in [2.05, 4.69) is 0 Å². The first kappa shape index (κ1) is 8.88. The number of rotatable bonds is 0. The highest BCUT2D eigenvalue weighted by Gasteiger charge is 2.77. The van der Waals surface area contributed by atoms with Gasteiger partial charge in [0, 0.05) is 24.2 Å². The number of hydrogen-bond acceptors (Lipinski definition) is 2. The topological polar surface area (TPSA) is 18.5 Å². The summed E-state index contributed by atoms with van der Waals surface area (Å²) >= 11 is 0. The Morgan fingerprint density at radius 2 is 1.60 bits per heavy atom. The van der Waals surface area contributed by atoms with E-state index in [4.69, 9.17) is 9.47 Å². The van der Waals surface area contributed by atoms with Gasteiger partial charge in [-0.1, -0.05) is 0 Å². The SMILES string of the molecule is FC1(F)CC2[C@@H]3C1CC[C@@H]3C21OCCO1. The van der Waals surface area contributed by atoms with Crippen LogP contribution in [-0.4, -0.2) is 24.9 Å².